The van der Waals surface area contributed by atoms with Crippen LogP contribution in [-0.2, 0) is 4.79 Å². The molecule has 1 amide bonds. The van der Waals surface area contributed by atoms with Gasteiger partial charge in [0.15, 0.2) is 5.96 Å². The van der Waals surface area contributed by atoms with Gasteiger partial charge in [-0.3, -0.25) is 9.79 Å². The van der Waals surface area contributed by atoms with Crippen molar-refractivity contribution in [3.8, 4) is 0 Å². The van der Waals surface area contributed by atoms with Gasteiger partial charge in [-0.05, 0) is 12.8 Å². The number of aliphatic imine (C=N–C) groups is 1. The lowest BCUT2D eigenvalue weighted by atomic mass is 9.96. The van der Waals surface area contributed by atoms with E-state index in [0.29, 0.717) is 25.1 Å². The molecule has 0 spiro atoms. The smallest absolute Gasteiger partial charge is 0.225 e. The predicted octanol–water partition coefficient (Wildman–Crippen LogP) is 2.39. The maximum Gasteiger partial charge on any atom is 0.225 e. The van der Waals surface area contributed by atoms with Crippen molar-refractivity contribution in [3.63, 3.8) is 0 Å². The first-order valence-corrected chi connectivity index (χ1v) is 7.74. The third-order valence-electron chi connectivity index (χ3n) is 3.57. The van der Waals surface area contributed by atoms with Gasteiger partial charge in [-0.25, -0.2) is 0 Å². The average Bonchev–Trinajstić information content (AvgIpc) is 2.61. The summed E-state index contributed by atoms with van der Waals surface area (Å²) in [5, 5.41) is 6.15. The molecule has 0 aromatic rings. The van der Waals surface area contributed by atoms with Gasteiger partial charge >= 0.3 is 0 Å². The van der Waals surface area contributed by atoms with Crippen molar-refractivity contribution in [1.29, 1.82) is 0 Å². The molecule has 124 valence electrons. The Hall–Kier alpha value is -0.530. The Morgan fingerprint density at radius 3 is 2.29 bits per heavy atom. The average molecular weight is 410 g/mol. The Morgan fingerprint density at radius 2 is 1.76 bits per heavy atom. The van der Waals surface area contributed by atoms with E-state index in [9.17, 15) is 4.79 Å². The molecule has 0 aliphatic heterocycles. The standard InChI is InChI=1S/C15H30N4O.HI/c1-15(2,3)13(20)17-10-11-18-14(16)19-12-8-6-4-5-7-9-12;/h12H,4-11H2,1-3H3,(H,17,20)(H3,16,18,19);1H. The number of carbonyl (C=O) groups excluding carboxylic acids is 1. The molecule has 0 unspecified atom stereocenters. The van der Waals surface area contributed by atoms with Crippen LogP contribution in [0.2, 0.25) is 0 Å². The van der Waals surface area contributed by atoms with Crippen molar-refractivity contribution >= 4 is 35.8 Å². The van der Waals surface area contributed by atoms with Crippen molar-refractivity contribution in [1.82, 2.24) is 10.6 Å². The van der Waals surface area contributed by atoms with E-state index in [1.165, 1.54) is 38.5 Å². The van der Waals surface area contributed by atoms with Gasteiger partial charge in [0.2, 0.25) is 5.91 Å². The molecular formula is C15H31IN4O. The largest absolute Gasteiger partial charge is 0.370 e. The van der Waals surface area contributed by atoms with Crippen LogP contribution in [0.4, 0.5) is 0 Å². The molecule has 1 aliphatic carbocycles. The second-order valence-electron chi connectivity index (χ2n) is 6.61. The first-order chi connectivity index (χ1) is 9.39. The van der Waals surface area contributed by atoms with E-state index >= 15 is 0 Å². The van der Waals surface area contributed by atoms with Gasteiger partial charge in [-0.2, -0.15) is 0 Å². The first-order valence-electron chi connectivity index (χ1n) is 7.74. The van der Waals surface area contributed by atoms with Crippen LogP contribution in [0.3, 0.4) is 0 Å². The molecular weight excluding hydrogens is 379 g/mol. The highest BCUT2D eigenvalue weighted by atomic mass is 127. The fourth-order valence-electron chi connectivity index (χ4n) is 2.29. The molecule has 21 heavy (non-hydrogen) atoms. The van der Waals surface area contributed by atoms with Gasteiger partial charge in [-0.15, -0.1) is 24.0 Å². The van der Waals surface area contributed by atoms with Gasteiger partial charge in [0.1, 0.15) is 0 Å². The zero-order valence-corrected chi connectivity index (χ0v) is 15.9. The molecule has 1 rings (SSSR count). The number of hydrogen-bond donors (Lipinski definition) is 3. The second kappa shape index (κ2) is 10.2. The van der Waals surface area contributed by atoms with Crippen LogP contribution in [0.25, 0.3) is 0 Å². The van der Waals surface area contributed by atoms with Crippen LogP contribution in [-0.4, -0.2) is 31.0 Å². The summed E-state index contributed by atoms with van der Waals surface area (Å²) in [6.07, 6.45) is 7.55. The van der Waals surface area contributed by atoms with Crippen molar-refractivity contribution in [3.05, 3.63) is 0 Å². The van der Waals surface area contributed by atoms with Gasteiger partial charge in [-0.1, -0.05) is 46.5 Å². The van der Waals surface area contributed by atoms with E-state index in [2.05, 4.69) is 15.6 Å². The lowest BCUT2D eigenvalue weighted by molar-refractivity contribution is -0.128. The highest BCUT2D eigenvalue weighted by molar-refractivity contribution is 14.0. The molecule has 0 saturated heterocycles. The van der Waals surface area contributed by atoms with Crippen LogP contribution in [0.5, 0.6) is 0 Å². The Balaban J connectivity index is 0.00000400. The second-order valence-corrected chi connectivity index (χ2v) is 6.61. The van der Waals surface area contributed by atoms with Crippen LogP contribution in [0, 0.1) is 5.41 Å². The van der Waals surface area contributed by atoms with Gasteiger partial charge < -0.3 is 16.4 Å². The third-order valence-corrected chi connectivity index (χ3v) is 3.57. The summed E-state index contributed by atoms with van der Waals surface area (Å²) < 4.78 is 0. The minimum absolute atomic E-state index is 0. The molecule has 4 N–H and O–H groups in total. The molecule has 1 saturated carbocycles. The van der Waals surface area contributed by atoms with E-state index in [1.807, 2.05) is 20.8 Å². The van der Waals surface area contributed by atoms with E-state index in [-0.39, 0.29) is 35.3 Å². The fraction of sp³-hybridized carbons (Fsp3) is 0.867. The highest BCUT2D eigenvalue weighted by Gasteiger charge is 2.20. The zero-order chi connectivity index (χ0) is 15.0. The summed E-state index contributed by atoms with van der Waals surface area (Å²) in [5.41, 5.74) is 5.53. The minimum atomic E-state index is -0.353. The number of rotatable bonds is 4. The summed E-state index contributed by atoms with van der Waals surface area (Å²) in [7, 11) is 0. The van der Waals surface area contributed by atoms with E-state index in [0.717, 1.165) is 0 Å². The van der Waals surface area contributed by atoms with Crippen molar-refractivity contribution in [2.24, 2.45) is 16.1 Å². The number of nitrogens with zero attached hydrogens (tertiary/aromatic N) is 1. The quantitative estimate of drug-likeness (QED) is 0.219. The lowest BCUT2D eigenvalue weighted by Crippen LogP contribution is -2.41. The summed E-state index contributed by atoms with van der Waals surface area (Å²) >= 11 is 0. The first kappa shape index (κ1) is 20.5. The summed E-state index contributed by atoms with van der Waals surface area (Å²) in [4.78, 5) is 15.9. The Kier molecular flexibility index (Phi) is 9.98. The van der Waals surface area contributed by atoms with Gasteiger partial charge in [0.05, 0.1) is 6.54 Å². The van der Waals surface area contributed by atoms with Gasteiger partial charge in [0, 0.05) is 18.0 Å². The Labute approximate surface area is 145 Å². The molecule has 5 nitrogen and oxygen atoms in total. The van der Waals surface area contributed by atoms with Crippen LogP contribution in [0.1, 0.15) is 59.3 Å². The van der Waals surface area contributed by atoms with Crippen molar-refractivity contribution < 1.29 is 4.79 Å². The number of hydrogen-bond acceptors (Lipinski definition) is 2. The fourth-order valence-corrected chi connectivity index (χ4v) is 2.29. The number of amides is 1. The number of halogens is 1. The molecule has 0 bridgehead atoms. The van der Waals surface area contributed by atoms with E-state index in [4.69, 9.17) is 5.73 Å². The number of nitrogens with one attached hydrogen (secondary N) is 2. The maximum atomic E-state index is 11.7. The predicted molar refractivity (Wildman–Crippen MR) is 99.0 cm³/mol. The molecule has 0 heterocycles. The molecule has 6 heteroatoms. The molecule has 0 aromatic heterocycles. The van der Waals surface area contributed by atoms with Crippen LogP contribution < -0.4 is 16.4 Å². The monoisotopic (exact) mass is 410 g/mol. The SMILES string of the molecule is CC(C)(C)C(=O)NCCN=C(N)NC1CCCCCC1.I. The molecule has 1 fully saturated rings. The normalized spacial score (nSPS) is 17.6. The van der Waals surface area contributed by atoms with E-state index < -0.39 is 0 Å². The molecule has 1 aliphatic rings. The molecule has 0 aromatic carbocycles. The van der Waals surface area contributed by atoms with Crippen molar-refractivity contribution in [2.75, 3.05) is 13.1 Å². The number of nitrogens with two attached hydrogens (primary N) is 1. The van der Waals surface area contributed by atoms with Crippen LogP contribution in [0.15, 0.2) is 4.99 Å². The molecule has 0 atom stereocenters. The number of guanidine groups is 1. The summed E-state index contributed by atoms with van der Waals surface area (Å²) in [6.45, 7) is 6.74. The summed E-state index contributed by atoms with van der Waals surface area (Å²) in [6, 6.07) is 0.463. The summed E-state index contributed by atoms with van der Waals surface area (Å²) in [5.74, 6) is 0.546. The lowest BCUT2D eigenvalue weighted by Gasteiger charge is -2.18. The topological polar surface area (TPSA) is 79.5 Å². The Bertz CT molecular complexity index is 331. The Morgan fingerprint density at radius 1 is 1.19 bits per heavy atom. The zero-order valence-electron chi connectivity index (χ0n) is 13.6. The highest BCUT2D eigenvalue weighted by Crippen LogP contribution is 2.16. The third kappa shape index (κ3) is 9.16. The van der Waals surface area contributed by atoms with Crippen molar-refractivity contribution in [2.45, 2.75) is 65.3 Å². The number of carbonyl (C=O) groups is 1. The maximum absolute atomic E-state index is 11.7. The van der Waals surface area contributed by atoms with E-state index in [1.54, 1.807) is 0 Å². The van der Waals surface area contributed by atoms with Gasteiger partial charge in [0.25, 0.3) is 0 Å². The molecule has 0 radical (unpaired) electrons. The van der Waals surface area contributed by atoms with Crippen LogP contribution >= 0.6 is 24.0 Å². The minimum Gasteiger partial charge on any atom is -0.370 e.